The van der Waals surface area contributed by atoms with E-state index in [0.29, 0.717) is 12.2 Å². The van der Waals surface area contributed by atoms with Crippen molar-refractivity contribution in [3.8, 4) is 0 Å². The monoisotopic (exact) mass is 172 g/mol. The van der Waals surface area contributed by atoms with Crippen LogP contribution in [0, 0.1) is 0 Å². The molecule has 0 rings (SSSR count). The Balaban J connectivity index is 3.81. The number of carbonyl (C=O) groups excluding carboxylic acids is 1. The third-order valence-electron chi connectivity index (χ3n) is 1.48. The van der Waals surface area contributed by atoms with Gasteiger partial charge in [0.2, 0.25) is 0 Å². The van der Waals surface area contributed by atoms with Crippen LogP contribution in [0.25, 0.3) is 0 Å². The summed E-state index contributed by atoms with van der Waals surface area (Å²) in [7, 11) is 0. The summed E-state index contributed by atoms with van der Waals surface area (Å²) in [6, 6.07) is 0. The summed E-state index contributed by atoms with van der Waals surface area (Å²) in [6.45, 7) is 7.82. The topological polar surface area (TPSA) is 35.5 Å². The Kier molecular flexibility index (Phi) is 5.37. The van der Waals surface area contributed by atoms with Gasteiger partial charge in [0.25, 0.3) is 0 Å². The van der Waals surface area contributed by atoms with Crippen LogP contribution < -0.4 is 0 Å². The molecule has 0 radical (unpaired) electrons. The van der Waals surface area contributed by atoms with E-state index in [1.54, 1.807) is 6.92 Å². The molecule has 3 heteroatoms. The lowest BCUT2D eigenvalue weighted by molar-refractivity contribution is -0.268. The molecule has 0 amide bonds. The molecule has 0 aromatic rings. The Morgan fingerprint density at radius 1 is 1.25 bits per heavy atom. The molecule has 70 valence electrons. The fourth-order valence-electron chi connectivity index (χ4n) is 0.445. The Morgan fingerprint density at radius 3 is 2.25 bits per heavy atom. The molecular weight excluding hydrogens is 156 g/mol. The molecular formula is C9H16O3. The fourth-order valence-corrected chi connectivity index (χ4v) is 0.445. The average Bonchev–Trinajstić information content (AvgIpc) is 2.03. The van der Waals surface area contributed by atoms with Crippen molar-refractivity contribution in [2.75, 3.05) is 6.61 Å². The van der Waals surface area contributed by atoms with E-state index in [2.05, 4.69) is 9.78 Å². The largest absolute Gasteiger partial charge is 0.368 e. The predicted molar refractivity (Wildman–Crippen MR) is 46.4 cm³/mol. The molecule has 0 atom stereocenters. The Morgan fingerprint density at radius 2 is 1.83 bits per heavy atom. The van der Waals surface area contributed by atoms with E-state index in [4.69, 9.17) is 0 Å². The van der Waals surface area contributed by atoms with Gasteiger partial charge in [-0.2, -0.15) is 4.89 Å². The molecule has 0 saturated heterocycles. The standard InChI is InChI=1S/C9H16O3/c1-5-6-11-12-9(10)8(4)7(2)3/h5-6H2,1-4H3. The van der Waals surface area contributed by atoms with Gasteiger partial charge < -0.3 is 0 Å². The number of rotatable bonds is 4. The zero-order valence-electron chi connectivity index (χ0n) is 8.14. The van der Waals surface area contributed by atoms with Crippen molar-refractivity contribution in [1.29, 1.82) is 0 Å². The second-order valence-corrected chi connectivity index (χ2v) is 2.82. The second-order valence-electron chi connectivity index (χ2n) is 2.82. The first-order valence-corrected chi connectivity index (χ1v) is 4.07. The number of carbonyl (C=O) groups is 1. The molecule has 0 spiro atoms. The maximum atomic E-state index is 11.1. The molecule has 0 fully saturated rings. The van der Waals surface area contributed by atoms with Crippen LogP contribution in [0.5, 0.6) is 0 Å². The van der Waals surface area contributed by atoms with Crippen LogP contribution in [-0.2, 0) is 14.6 Å². The van der Waals surface area contributed by atoms with Gasteiger partial charge in [-0.05, 0) is 27.2 Å². The van der Waals surface area contributed by atoms with E-state index in [0.717, 1.165) is 12.0 Å². The van der Waals surface area contributed by atoms with Gasteiger partial charge in [-0.1, -0.05) is 12.5 Å². The van der Waals surface area contributed by atoms with Crippen molar-refractivity contribution in [2.24, 2.45) is 0 Å². The first-order valence-electron chi connectivity index (χ1n) is 4.07. The normalized spacial score (nSPS) is 9.33. The zero-order valence-corrected chi connectivity index (χ0v) is 8.14. The highest BCUT2D eigenvalue weighted by atomic mass is 17.2. The molecule has 0 bridgehead atoms. The third kappa shape index (κ3) is 4.13. The van der Waals surface area contributed by atoms with Crippen LogP contribution in [0.2, 0.25) is 0 Å². The lowest BCUT2D eigenvalue weighted by Crippen LogP contribution is -2.08. The number of allylic oxidation sites excluding steroid dienone is 1. The molecule has 0 aromatic carbocycles. The van der Waals surface area contributed by atoms with Crippen LogP contribution in [0.4, 0.5) is 0 Å². The average molecular weight is 172 g/mol. The molecule has 12 heavy (non-hydrogen) atoms. The van der Waals surface area contributed by atoms with Crippen molar-refractivity contribution in [2.45, 2.75) is 34.1 Å². The van der Waals surface area contributed by atoms with Gasteiger partial charge in [-0.3, -0.25) is 4.89 Å². The highest BCUT2D eigenvalue weighted by molar-refractivity contribution is 5.87. The van der Waals surface area contributed by atoms with Crippen LogP contribution in [0.3, 0.4) is 0 Å². The van der Waals surface area contributed by atoms with Crippen molar-refractivity contribution in [1.82, 2.24) is 0 Å². The van der Waals surface area contributed by atoms with Gasteiger partial charge in [0, 0.05) is 5.57 Å². The zero-order chi connectivity index (χ0) is 9.56. The lowest BCUT2D eigenvalue weighted by atomic mass is 10.2. The summed E-state index contributed by atoms with van der Waals surface area (Å²) in [6.07, 6.45) is 0.834. The van der Waals surface area contributed by atoms with Crippen molar-refractivity contribution < 1.29 is 14.6 Å². The second kappa shape index (κ2) is 5.77. The minimum absolute atomic E-state index is 0.400. The Hall–Kier alpha value is -0.830. The minimum Gasteiger partial charge on any atom is -0.293 e. The molecule has 0 saturated carbocycles. The number of hydrogen-bond acceptors (Lipinski definition) is 3. The summed E-state index contributed by atoms with van der Waals surface area (Å²) in [5.74, 6) is -0.400. The molecule has 0 heterocycles. The smallest absolute Gasteiger partial charge is 0.293 e. The lowest BCUT2D eigenvalue weighted by Gasteiger charge is -2.03. The maximum Gasteiger partial charge on any atom is 0.368 e. The molecule has 0 aliphatic carbocycles. The van der Waals surface area contributed by atoms with Crippen LogP contribution in [0.1, 0.15) is 34.1 Å². The van der Waals surface area contributed by atoms with E-state index < -0.39 is 5.97 Å². The highest BCUT2D eigenvalue weighted by Gasteiger charge is 2.07. The highest BCUT2D eigenvalue weighted by Crippen LogP contribution is 2.04. The van der Waals surface area contributed by atoms with Gasteiger partial charge in [0.1, 0.15) is 0 Å². The van der Waals surface area contributed by atoms with Gasteiger partial charge in [-0.25, -0.2) is 4.79 Å². The minimum atomic E-state index is -0.400. The molecule has 0 N–H and O–H groups in total. The fraction of sp³-hybridized carbons (Fsp3) is 0.667. The van der Waals surface area contributed by atoms with Crippen LogP contribution >= 0.6 is 0 Å². The van der Waals surface area contributed by atoms with Crippen molar-refractivity contribution in [3.63, 3.8) is 0 Å². The summed E-state index contributed by atoms with van der Waals surface area (Å²) >= 11 is 0. The Labute approximate surface area is 73.3 Å². The number of hydrogen-bond donors (Lipinski definition) is 0. The molecule has 3 nitrogen and oxygen atoms in total. The van der Waals surface area contributed by atoms with Gasteiger partial charge in [0.05, 0.1) is 6.61 Å². The van der Waals surface area contributed by atoms with E-state index in [9.17, 15) is 4.79 Å². The third-order valence-corrected chi connectivity index (χ3v) is 1.48. The van der Waals surface area contributed by atoms with E-state index in [1.807, 2.05) is 20.8 Å². The predicted octanol–water partition coefficient (Wildman–Crippen LogP) is 2.23. The van der Waals surface area contributed by atoms with Crippen molar-refractivity contribution >= 4 is 5.97 Å². The SMILES string of the molecule is CCCOOC(=O)C(C)=C(C)C. The first-order chi connectivity index (χ1) is 5.59. The summed E-state index contributed by atoms with van der Waals surface area (Å²) < 4.78 is 0. The van der Waals surface area contributed by atoms with Gasteiger partial charge >= 0.3 is 5.97 Å². The van der Waals surface area contributed by atoms with Crippen molar-refractivity contribution in [3.05, 3.63) is 11.1 Å². The molecule has 0 aromatic heterocycles. The van der Waals surface area contributed by atoms with Crippen LogP contribution in [-0.4, -0.2) is 12.6 Å². The van der Waals surface area contributed by atoms with E-state index in [-0.39, 0.29) is 0 Å². The van der Waals surface area contributed by atoms with Gasteiger partial charge in [-0.15, -0.1) is 0 Å². The molecule has 0 aliphatic heterocycles. The summed E-state index contributed by atoms with van der Waals surface area (Å²) in [4.78, 5) is 20.2. The van der Waals surface area contributed by atoms with E-state index >= 15 is 0 Å². The maximum absolute atomic E-state index is 11.1. The first kappa shape index (κ1) is 11.2. The van der Waals surface area contributed by atoms with Crippen LogP contribution in [0.15, 0.2) is 11.1 Å². The van der Waals surface area contributed by atoms with E-state index in [1.165, 1.54) is 0 Å². The Bertz CT molecular complexity index is 178. The molecule has 0 unspecified atom stereocenters. The molecule has 0 aliphatic rings. The summed E-state index contributed by atoms with van der Waals surface area (Å²) in [5, 5.41) is 0. The summed E-state index contributed by atoms with van der Waals surface area (Å²) in [5.41, 5.74) is 1.55. The quantitative estimate of drug-likeness (QED) is 0.282. The van der Waals surface area contributed by atoms with Gasteiger partial charge in [0.15, 0.2) is 0 Å².